The quantitative estimate of drug-likeness (QED) is 0.702. The summed E-state index contributed by atoms with van der Waals surface area (Å²) in [5.41, 5.74) is 6.84. The summed E-state index contributed by atoms with van der Waals surface area (Å²) in [6.45, 7) is 0. The third-order valence-corrected chi connectivity index (χ3v) is 5.04. The Morgan fingerprint density at radius 3 is 2.68 bits per heavy atom. The van der Waals surface area contributed by atoms with Crippen molar-refractivity contribution in [2.45, 2.75) is 25.2 Å². The van der Waals surface area contributed by atoms with E-state index in [9.17, 15) is 4.79 Å². The first-order valence-electron chi connectivity index (χ1n) is 8.69. The molecule has 1 heterocycles. The van der Waals surface area contributed by atoms with E-state index in [0.717, 1.165) is 19.3 Å². The Morgan fingerprint density at radius 2 is 1.88 bits per heavy atom. The van der Waals surface area contributed by atoms with E-state index in [-0.39, 0.29) is 5.97 Å². The molecule has 4 rings (SSSR count). The zero-order valence-electron chi connectivity index (χ0n) is 14.3. The first-order chi connectivity index (χ1) is 12.2. The summed E-state index contributed by atoms with van der Waals surface area (Å²) >= 11 is 0. The molecule has 0 aliphatic heterocycles. The molecule has 1 unspecified atom stereocenters. The third kappa shape index (κ3) is 3.10. The highest BCUT2D eigenvalue weighted by atomic mass is 16.5. The fraction of sp³-hybridized carbons (Fsp3) is 0.227. The van der Waals surface area contributed by atoms with E-state index >= 15 is 0 Å². The van der Waals surface area contributed by atoms with Crippen LogP contribution in [0.15, 0.2) is 60.7 Å². The third-order valence-electron chi connectivity index (χ3n) is 5.04. The summed E-state index contributed by atoms with van der Waals surface area (Å²) in [4.78, 5) is 15.0. The molecule has 1 aromatic heterocycles. The molecule has 1 N–H and O–H groups in total. The van der Waals surface area contributed by atoms with Crippen molar-refractivity contribution in [2.24, 2.45) is 0 Å². The molecule has 2 aromatic carbocycles. The van der Waals surface area contributed by atoms with Crippen molar-refractivity contribution in [1.29, 1.82) is 0 Å². The zero-order chi connectivity index (χ0) is 17.2. The first kappa shape index (κ1) is 15.7. The monoisotopic (exact) mass is 331 g/mol. The zero-order valence-corrected chi connectivity index (χ0v) is 14.3. The number of fused-ring (bicyclic) bond motifs is 1. The first-order valence-corrected chi connectivity index (χ1v) is 8.69. The lowest BCUT2D eigenvalue weighted by molar-refractivity contribution is 0.0594. The number of aromatic nitrogens is 1. The Balaban J connectivity index is 1.57. The smallest absolute Gasteiger partial charge is 0.354 e. The van der Waals surface area contributed by atoms with Crippen molar-refractivity contribution in [2.75, 3.05) is 7.11 Å². The van der Waals surface area contributed by atoms with E-state index in [1.807, 2.05) is 12.1 Å². The minimum absolute atomic E-state index is 0.292. The number of benzene rings is 2. The van der Waals surface area contributed by atoms with E-state index in [2.05, 4.69) is 53.5 Å². The van der Waals surface area contributed by atoms with Crippen molar-refractivity contribution >= 4 is 5.97 Å². The molecule has 25 heavy (non-hydrogen) atoms. The van der Waals surface area contributed by atoms with E-state index < -0.39 is 0 Å². The topological polar surface area (TPSA) is 42.1 Å². The highest BCUT2D eigenvalue weighted by molar-refractivity contribution is 5.88. The number of hydrogen-bond donors (Lipinski definition) is 1. The van der Waals surface area contributed by atoms with E-state index in [4.69, 9.17) is 4.74 Å². The van der Waals surface area contributed by atoms with Crippen LogP contribution in [0.5, 0.6) is 0 Å². The Labute approximate surface area is 147 Å². The highest BCUT2D eigenvalue weighted by Crippen LogP contribution is 2.36. The van der Waals surface area contributed by atoms with Gasteiger partial charge in [0.15, 0.2) is 0 Å². The number of ether oxygens (including phenoxy) is 1. The second-order valence-electron chi connectivity index (χ2n) is 6.61. The fourth-order valence-corrected chi connectivity index (χ4v) is 3.78. The molecule has 3 nitrogen and oxygen atoms in total. The average molecular weight is 331 g/mol. The molecule has 3 heteroatoms. The maximum atomic E-state index is 11.7. The molecule has 1 aliphatic carbocycles. The molecular formula is C22H21NO2. The predicted octanol–water partition coefficient (Wildman–Crippen LogP) is 4.74. The predicted molar refractivity (Wildman–Crippen MR) is 98.8 cm³/mol. The van der Waals surface area contributed by atoms with Crippen LogP contribution in [0.4, 0.5) is 0 Å². The number of hydrogen-bond acceptors (Lipinski definition) is 2. The highest BCUT2D eigenvalue weighted by Gasteiger charge is 2.26. The average Bonchev–Trinajstić information content (AvgIpc) is 3.24. The molecular weight excluding hydrogens is 310 g/mol. The van der Waals surface area contributed by atoms with E-state index in [1.165, 1.54) is 35.1 Å². The van der Waals surface area contributed by atoms with Gasteiger partial charge in [0.2, 0.25) is 0 Å². The maximum Gasteiger partial charge on any atom is 0.354 e. The van der Waals surface area contributed by atoms with E-state index in [1.54, 1.807) is 0 Å². The summed E-state index contributed by atoms with van der Waals surface area (Å²) in [5, 5.41) is 0. The second-order valence-corrected chi connectivity index (χ2v) is 6.61. The molecule has 0 spiro atoms. The Hall–Kier alpha value is -2.81. The standard InChI is InChI=1S/C22H21NO2/c1-25-22(24)21-14-19-18(10-11-20(19)23-21)13-15-6-5-9-17(12-15)16-7-3-2-4-8-16/h2-9,12,14,18,23H,10-11,13H2,1H3. The fourth-order valence-electron chi connectivity index (χ4n) is 3.78. The van der Waals surface area contributed by atoms with Gasteiger partial charge in [0, 0.05) is 5.69 Å². The lowest BCUT2D eigenvalue weighted by Crippen LogP contribution is -2.02. The SMILES string of the molecule is COC(=O)c1cc2c([nH]1)CCC2Cc1cccc(-c2ccccc2)c1. The maximum absolute atomic E-state index is 11.7. The lowest BCUT2D eigenvalue weighted by Gasteiger charge is -2.11. The number of aromatic amines is 1. The number of carbonyl (C=O) groups excluding carboxylic acids is 1. The van der Waals surface area contributed by atoms with Gasteiger partial charge < -0.3 is 9.72 Å². The minimum Gasteiger partial charge on any atom is -0.464 e. The van der Waals surface area contributed by atoms with Crippen LogP contribution in [0.3, 0.4) is 0 Å². The normalized spacial score (nSPS) is 15.8. The van der Waals surface area contributed by atoms with Crippen LogP contribution in [0.1, 0.15) is 39.6 Å². The Bertz CT molecular complexity index is 895. The van der Waals surface area contributed by atoms with Gasteiger partial charge in [0.1, 0.15) is 5.69 Å². The van der Waals surface area contributed by atoms with Crippen molar-refractivity contribution in [1.82, 2.24) is 4.98 Å². The van der Waals surface area contributed by atoms with Gasteiger partial charge in [-0.3, -0.25) is 0 Å². The van der Waals surface area contributed by atoms with Gasteiger partial charge in [0.25, 0.3) is 0 Å². The summed E-state index contributed by atoms with van der Waals surface area (Å²) in [6, 6.07) is 21.2. The van der Waals surface area contributed by atoms with Crippen molar-refractivity contribution in [3.8, 4) is 11.1 Å². The molecule has 0 amide bonds. The van der Waals surface area contributed by atoms with Crippen LogP contribution in [0.2, 0.25) is 0 Å². The molecule has 0 radical (unpaired) electrons. The van der Waals surface area contributed by atoms with Gasteiger partial charge in [-0.1, -0.05) is 54.6 Å². The van der Waals surface area contributed by atoms with Gasteiger partial charge >= 0.3 is 5.97 Å². The van der Waals surface area contributed by atoms with Crippen molar-refractivity contribution in [3.05, 3.63) is 83.2 Å². The largest absolute Gasteiger partial charge is 0.464 e. The second kappa shape index (κ2) is 6.60. The van der Waals surface area contributed by atoms with Gasteiger partial charge in [-0.05, 0) is 53.5 Å². The number of carbonyl (C=O) groups is 1. The minimum atomic E-state index is -0.292. The van der Waals surface area contributed by atoms with Crippen molar-refractivity contribution in [3.63, 3.8) is 0 Å². The van der Waals surface area contributed by atoms with Crippen LogP contribution in [0, 0.1) is 0 Å². The summed E-state index contributed by atoms with van der Waals surface area (Å²) in [6.07, 6.45) is 3.11. The molecule has 1 aliphatic rings. The van der Waals surface area contributed by atoms with Crippen LogP contribution >= 0.6 is 0 Å². The molecule has 0 saturated heterocycles. The number of esters is 1. The van der Waals surface area contributed by atoms with E-state index in [0.29, 0.717) is 11.6 Å². The van der Waals surface area contributed by atoms with Crippen LogP contribution < -0.4 is 0 Å². The number of aryl methyl sites for hydroxylation is 1. The van der Waals surface area contributed by atoms with Gasteiger partial charge in [-0.2, -0.15) is 0 Å². The number of nitrogens with one attached hydrogen (secondary N) is 1. The lowest BCUT2D eigenvalue weighted by atomic mass is 9.93. The van der Waals surface area contributed by atoms with Crippen molar-refractivity contribution < 1.29 is 9.53 Å². The van der Waals surface area contributed by atoms with Gasteiger partial charge in [0.05, 0.1) is 7.11 Å². The summed E-state index contributed by atoms with van der Waals surface area (Å²) in [7, 11) is 1.42. The molecule has 3 aromatic rings. The van der Waals surface area contributed by atoms with Gasteiger partial charge in [-0.25, -0.2) is 4.79 Å². The number of rotatable bonds is 4. The van der Waals surface area contributed by atoms with Crippen LogP contribution in [-0.2, 0) is 17.6 Å². The molecule has 0 saturated carbocycles. The summed E-state index contributed by atoms with van der Waals surface area (Å²) < 4.78 is 4.82. The van der Waals surface area contributed by atoms with Crippen LogP contribution in [0.25, 0.3) is 11.1 Å². The molecule has 0 fully saturated rings. The van der Waals surface area contributed by atoms with Gasteiger partial charge in [-0.15, -0.1) is 0 Å². The Kier molecular flexibility index (Phi) is 4.14. The number of methoxy groups -OCH3 is 1. The van der Waals surface area contributed by atoms with Crippen LogP contribution in [-0.4, -0.2) is 18.1 Å². The molecule has 1 atom stereocenters. The number of H-pyrrole nitrogens is 1. The molecule has 126 valence electrons. The Morgan fingerprint density at radius 1 is 1.08 bits per heavy atom. The molecule has 0 bridgehead atoms. The summed E-state index contributed by atoms with van der Waals surface area (Å²) in [5.74, 6) is 0.162.